The molecule has 1 N–H and O–H groups in total. The van der Waals surface area contributed by atoms with Crippen molar-refractivity contribution in [3.8, 4) is 0 Å². The van der Waals surface area contributed by atoms with Crippen molar-refractivity contribution in [2.75, 3.05) is 0 Å². The fraction of sp³-hybridized carbons (Fsp3) is 0.375. The normalized spacial score (nSPS) is 17.8. The maximum Gasteiger partial charge on any atom is 0.157 e. The first-order chi connectivity index (χ1) is 9.58. The maximum atomic E-state index is 13.3. The van der Waals surface area contributed by atoms with Crippen LogP contribution in [0.25, 0.3) is 16.6 Å². The molecule has 1 aromatic heterocycles. The summed E-state index contributed by atoms with van der Waals surface area (Å²) in [6.07, 6.45) is 4.03. The SMILES string of the molecule is CCC1(CC)CC(=O)C=C1c1nc2ccc(F)cc2[nH]1. The van der Waals surface area contributed by atoms with E-state index < -0.39 is 0 Å². The number of nitrogens with one attached hydrogen (secondary N) is 1. The molecule has 0 amide bonds. The molecule has 3 nitrogen and oxygen atoms in total. The van der Waals surface area contributed by atoms with Crippen LogP contribution in [-0.2, 0) is 4.79 Å². The summed E-state index contributed by atoms with van der Waals surface area (Å²) in [5, 5.41) is 0. The Morgan fingerprint density at radius 1 is 1.35 bits per heavy atom. The van der Waals surface area contributed by atoms with Gasteiger partial charge >= 0.3 is 0 Å². The molecular weight excluding hydrogens is 255 g/mol. The summed E-state index contributed by atoms with van der Waals surface area (Å²) in [5.74, 6) is 0.553. The molecule has 0 radical (unpaired) electrons. The lowest BCUT2D eigenvalue weighted by Gasteiger charge is -2.28. The van der Waals surface area contributed by atoms with Crippen LogP contribution in [0.15, 0.2) is 24.3 Å². The molecule has 3 rings (SSSR count). The van der Waals surface area contributed by atoms with Gasteiger partial charge in [0.15, 0.2) is 5.78 Å². The van der Waals surface area contributed by atoms with Crippen molar-refractivity contribution >= 4 is 22.4 Å². The minimum atomic E-state index is -0.290. The Bertz CT molecular complexity index is 710. The predicted molar refractivity (Wildman–Crippen MR) is 76.7 cm³/mol. The van der Waals surface area contributed by atoms with E-state index in [-0.39, 0.29) is 17.0 Å². The van der Waals surface area contributed by atoms with Crippen LogP contribution in [0.5, 0.6) is 0 Å². The van der Waals surface area contributed by atoms with E-state index in [0.29, 0.717) is 17.8 Å². The first-order valence-electron chi connectivity index (χ1n) is 6.98. The molecule has 1 heterocycles. The zero-order valence-corrected chi connectivity index (χ0v) is 11.7. The van der Waals surface area contributed by atoms with Crippen LogP contribution in [0.2, 0.25) is 0 Å². The van der Waals surface area contributed by atoms with E-state index in [0.717, 1.165) is 23.9 Å². The first kappa shape index (κ1) is 13.0. The number of halogens is 1. The predicted octanol–water partition coefficient (Wildman–Crippen LogP) is 3.86. The van der Waals surface area contributed by atoms with E-state index in [4.69, 9.17) is 0 Å². The van der Waals surface area contributed by atoms with Gasteiger partial charge in [-0.3, -0.25) is 4.79 Å². The number of allylic oxidation sites excluding steroid dienone is 2. The molecule has 0 fully saturated rings. The van der Waals surface area contributed by atoms with Crippen LogP contribution in [-0.4, -0.2) is 15.8 Å². The van der Waals surface area contributed by atoms with Crippen molar-refractivity contribution in [2.45, 2.75) is 33.1 Å². The standard InChI is InChI=1S/C16H17FN2O/c1-3-16(4-2)9-11(20)8-12(16)15-18-13-6-5-10(17)7-14(13)19-15/h5-8H,3-4,9H2,1-2H3,(H,18,19). The number of benzene rings is 1. The van der Waals surface area contributed by atoms with Gasteiger partial charge in [0.05, 0.1) is 11.0 Å². The van der Waals surface area contributed by atoms with E-state index >= 15 is 0 Å². The third-order valence-electron chi connectivity index (χ3n) is 4.44. The minimum absolute atomic E-state index is 0.135. The van der Waals surface area contributed by atoms with E-state index in [1.54, 1.807) is 12.1 Å². The van der Waals surface area contributed by atoms with Crippen molar-refractivity contribution in [1.82, 2.24) is 9.97 Å². The number of nitrogens with zero attached hydrogens (tertiary/aromatic N) is 1. The fourth-order valence-electron chi connectivity index (χ4n) is 3.10. The van der Waals surface area contributed by atoms with Gasteiger partial charge in [0.2, 0.25) is 0 Å². The van der Waals surface area contributed by atoms with Crippen LogP contribution in [0, 0.1) is 11.2 Å². The van der Waals surface area contributed by atoms with Gasteiger partial charge in [0.1, 0.15) is 11.6 Å². The summed E-state index contributed by atoms with van der Waals surface area (Å²) in [6.45, 7) is 4.19. The molecule has 0 atom stereocenters. The van der Waals surface area contributed by atoms with Gasteiger partial charge in [-0.1, -0.05) is 13.8 Å². The zero-order valence-electron chi connectivity index (χ0n) is 11.7. The van der Waals surface area contributed by atoms with Crippen LogP contribution in [0.1, 0.15) is 38.9 Å². The molecule has 0 aliphatic heterocycles. The second-order valence-corrected chi connectivity index (χ2v) is 5.44. The number of ketones is 1. The topological polar surface area (TPSA) is 45.8 Å². The van der Waals surface area contributed by atoms with Crippen LogP contribution >= 0.6 is 0 Å². The lowest BCUT2D eigenvalue weighted by atomic mass is 9.76. The molecule has 1 aromatic carbocycles. The number of imidazole rings is 1. The van der Waals surface area contributed by atoms with E-state index in [1.165, 1.54) is 12.1 Å². The van der Waals surface area contributed by atoms with Crippen molar-refractivity contribution in [2.24, 2.45) is 5.41 Å². The second-order valence-electron chi connectivity index (χ2n) is 5.44. The van der Waals surface area contributed by atoms with E-state index in [2.05, 4.69) is 23.8 Å². The fourth-order valence-corrected chi connectivity index (χ4v) is 3.10. The number of hydrogen-bond acceptors (Lipinski definition) is 2. The Morgan fingerprint density at radius 3 is 2.80 bits per heavy atom. The summed E-state index contributed by atoms with van der Waals surface area (Å²) in [4.78, 5) is 19.5. The number of aromatic nitrogens is 2. The summed E-state index contributed by atoms with van der Waals surface area (Å²) < 4.78 is 13.3. The highest BCUT2D eigenvalue weighted by atomic mass is 19.1. The Kier molecular flexibility index (Phi) is 2.96. The minimum Gasteiger partial charge on any atom is -0.338 e. The van der Waals surface area contributed by atoms with Gasteiger partial charge < -0.3 is 4.98 Å². The highest BCUT2D eigenvalue weighted by Gasteiger charge is 2.39. The van der Waals surface area contributed by atoms with Crippen LogP contribution in [0.3, 0.4) is 0 Å². The number of rotatable bonds is 3. The molecule has 0 unspecified atom stereocenters. The quantitative estimate of drug-likeness (QED) is 0.922. The van der Waals surface area contributed by atoms with Crippen molar-refractivity contribution < 1.29 is 9.18 Å². The molecule has 0 spiro atoms. The largest absolute Gasteiger partial charge is 0.338 e. The van der Waals surface area contributed by atoms with Gasteiger partial charge in [-0.25, -0.2) is 9.37 Å². The van der Waals surface area contributed by atoms with Crippen molar-refractivity contribution in [3.05, 3.63) is 35.9 Å². The Labute approximate surface area is 116 Å². The number of carbonyl (C=O) groups excluding carboxylic acids is 1. The lowest BCUT2D eigenvalue weighted by molar-refractivity contribution is -0.115. The Hall–Kier alpha value is -1.97. The third kappa shape index (κ3) is 1.87. The molecule has 4 heteroatoms. The number of fused-ring (bicyclic) bond motifs is 1. The van der Waals surface area contributed by atoms with Crippen LogP contribution in [0.4, 0.5) is 4.39 Å². The van der Waals surface area contributed by atoms with Gasteiger partial charge in [-0.05, 0) is 37.1 Å². The summed E-state index contributed by atoms with van der Waals surface area (Å²) in [7, 11) is 0. The van der Waals surface area contributed by atoms with Gasteiger partial charge in [0, 0.05) is 17.4 Å². The van der Waals surface area contributed by atoms with Gasteiger partial charge in [0.25, 0.3) is 0 Å². The Morgan fingerprint density at radius 2 is 2.10 bits per heavy atom. The first-order valence-corrected chi connectivity index (χ1v) is 6.98. The average molecular weight is 272 g/mol. The molecule has 104 valence electrons. The highest BCUT2D eigenvalue weighted by Crippen LogP contribution is 2.47. The smallest absolute Gasteiger partial charge is 0.157 e. The number of hydrogen-bond donors (Lipinski definition) is 1. The summed E-state index contributed by atoms with van der Waals surface area (Å²) >= 11 is 0. The average Bonchev–Trinajstić information content (AvgIpc) is 2.99. The highest BCUT2D eigenvalue weighted by molar-refractivity contribution is 6.03. The molecule has 1 aliphatic rings. The maximum absolute atomic E-state index is 13.3. The summed E-state index contributed by atoms with van der Waals surface area (Å²) in [5.41, 5.74) is 2.22. The van der Waals surface area contributed by atoms with E-state index in [1.807, 2.05) is 0 Å². The molecule has 20 heavy (non-hydrogen) atoms. The zero-order chi connectivity index (χ0) is 14.3. The molecule has 0 saturated heterocycles. The van der Waals surface area contributed by atoms with E-state index in [9.17, 15) is 9.18 Å². The second kappa shape index (κ2) is 4.54. The van der Waals surface area contributed by atoms with Crippen molar-refractivity contribution in [3.63, 3.8) is 0 Å². The monoisotopic (exact) mass is 272 g/mol. The van der Waals surface area contributed by atoms with Gasteiger partial charge in [-0.2, -0.15) is 0 Å². The third-order valence-corrected chi connectivity index (χ3v) is 4.44. The molecule has 1 aliphatic carbocycles. The lowest BCUT2D eigenvalue weighted by Crippen LogP contribution is -2.19. The van der Waals surface area contributed by atoms with Gasteiger partial charge in [-0.15, -0.1) is 0 Å². The Balaban J connectivity index is 2.13. The molecule has 0 bridgehead atoms. The van der Waals surface area contributed by atoms with Crippen molar-refractivity contribution in [1.29, 1.82) is 0 Å². The number of aromatic amines is 1. The molecular formula is C16H17FN2O. The summed E-state index contributed by atoms with van der Waals surface area (Å²) in [6, 6.07) is 4.48. The number of H-pyrrole nitrogens is 1. The van der Waals surface area contributed by atoms with Crippen LogP contribution < -0.4 is 0 Å². The molecule has 0 saturated carbocycles. The molecule has 2 aromatic rings. The number of carbonyl (C=O) groups is 1.